The van der Waals surface area contributed by atoms with Crippen LogP contribution in [0.3, 0.4) is 0 Å². The highest BCUT2D eigenvalue weighted by Gasteiger charge is 2.03. The quantitative estimate of drug-likeness (QED) is 0.593. The number of rotatable bonds is 5. The van der Waals surface area contributed by atoms with E-state index in [9.17, 15) is 4.79 Å². The molecule has 0 atom stereocenters. The van der Waals surface area contributed by atoms with Gasteiger partial charge in [-0.05, 0) is 24.1 Å². The topological polar surface area (TPSA) is 29.1 Å². The fourth-order valence-electron chi connectivity index (χ4n) is 1.82. The van der Waals surface area contributed by atoms with Crippen LogP contribution in [-0.4, -0.2) is 5.78 Å². The van der Waals surface area contributed by atoms with Crippen LogP contribution in [0.15, 0.2) is 54.7 Å². The first-order valence-corrected chi connectivity index (χ1v) is 7.37. The molecule has 0 spiro atoms. The summed E-state index contributed by atoms with van der Waals surface area (Å²) in [4.78, 5) is 12.0. The molecule has 108 valence electrons. The van der Waals surface area contributed by atoms with Crippen LogP contribution in [0.25, 0.3) is 0 Å². The first kappa shape index (κ1) is 15.6. The zero-order valence-electron chi connectivity index (χ0n) is 11.6. The highest BCUT2D eigenvalue weighted by molar-refractivity contribution is 6.43. The Kier molecular flexibility index (Phi) is 5.43. The summed E-state index contributed by atoms with van der Waals surface area (Å²) in [5, 5.41) is 3.86. The van der Waals surface area contributed by atoms with Crippen molar-refractivity contribution in [1.82, 2.24) is 0 Å². The fraction of sp³-hybridized carbons (Fsp3) is 0.118. The number of halogens is 2. The molecule has 4 heteroatoms. The van der Waals surface area contributed by atoms with Gasteiger partial charge in [-0.25, -0.2) is 0 Å². The van der Waals surface area contributed by atoms with Crippen molar-refractivity contribution in [2.75, 3.05) is 5.32 Å². The molecule has 0 unspecified atom stereocenters. The Bertz CT molecular complexity index is 663. The molecular weight excluding hydrogens is 305 g/mol. The van der Waals surface area contributed by atoms with Crippen molar-refractivity contribution in [2.45, 2.75) is 13.3 Å². The monoisotopic (exact) mass is 319 g/mol. The molecule has 2 aromatic rings. The molecule has 0 aliphatic rings. The van der Waals surface area contributed by atoms with E-state index in [0.29, 0.717) is 21.3 Å². The molecule has 0 saturated carbocycles. The maximum atomic E-state index is 12.0. The van der Waals surface area contributed by atoms with Crippen molar-refractivity contribution in [1.29, 1.82) is 0 Å². The van der Waals surface area contributed by atoms with Gasteiger partial charge in [-0.2, -0.15) is 0 Å². The molecule has 0 saturated heterocycles. The minimum atomic E-state index is -0.0664. The Morgan fingerprint density at radius 1 is 1.14 bits per heavy atom. The van der Waals surface area contributed by atoms with Crippen molar-refractivity contribution in [2.24, 2.45) is 0 Å². The number of benzene rings is 2. The molecule has 2 aromatic carbocycles. The maximum absolute atomic E-state index is 12.0. The van der Waals surface area contributed by atoms with Gasteiger partial charge in [0.05, 0.1) is 15.7 Å². The molecule has 0 aliphatic heterocycles. The summed E-state index contributed by atoms with van der Waals surface area (Å²) in [6, 6.07) is 12.9. The number of hydrogen-bond donors (Lipinski definition) is 1. The smallest absolute Gasteiger partial charge is 0.187 e. The lowest BCUT2D eigenvalue weighted by Gasteiger charge is -2.04. The second-order valence-corrected chi connectivity index (χ2v) is 5.28. The van der Waals surface area contributed by atoms with E-state index in [1.54, 1.807) is 24.4 Å². The van der Waals surface area contributed by atoms with Crippen molar-refractivity contribution in [3.8, 4) is 0 Å². The van der Waals surface area contributed by atoms with Gasteiger partial charge in [-0.1, -0.05) is 60.5 Å². The third kappa shape index (κ3) is 4.10. The zero-order chi connectivity index (χ0) is 15.2. The first-order chi connectivity index (χ1) is 10.1. The molecule has 2 nitrogen and oxygen atoms in total. The number of carbonyl (C=O) groups excluding carboxylic acids is 1. The second kappa shape index (κ2) is 7.30. The van der Waals surface area contributed by atoms with Crippen molar-refractivity contribution in [3.05, 3.63) is 75.9 Å². The van der Waals surface area contributed by atoms with Gasteiger partial charge in [0, 0.05) is 17.8 Å². The predicted molar refractivity (Wildman–Crippen MR) is 89.4 cm³/mol. The number of anilines is 1. The molecule has 0 aliphatic carbocycles. The van der Waals surface area contributed by atoms with Gasteiger partial charge in [-0.15, -0.1) is 0 Å². The number of carbonyl (C=O) groups is 1. The van der Waals surface area contributed by atoms with Crippen LogP contribution < -0.4 is 5.32 Å². The van der Waals surface area contributed by atoms with Crippen LogP contribution in [-0.2, 0) is 6.42 Å². The lowest BCUT2D eigenvalue weighted by atomic mass is 10.1. The lowest BCUT2D eigenvalue weighted by molar-refractivity contribution is 0.104. The van der Waals surface area contributed by atoms with E-state index in [4.69, 9.17) is 23.2 Å². The number of allylic oxidation sites excluding steroid dienone is 1. The Balaban J connectivity index is 2.03. The Morgan fingerprint density at radius 3 is 2.52 bits per heavy atom. The van der Waals surface area contributed by atoms with Gasteiger partial charge in [0.2, 0.25) is 0 Å². The van der Waals surface area contributed by atoms with Crippen LogP contribution in [0.2, 0.25) is 10.0 Å². The molecule has 2 rings (SSSR count). The van der Waals surface area contributed by atoms with E-state index in [1.807, 2.05) is 24.3 Å². The summed E-state index contributed by atoms with van der Waals surface area (Å²) < 4.78 is 0. The third-order valence-electron chi connectivity index (χ3n) is 3.07. The van der Waals surface area contributed by atoms with Crippen molar-refractivity contribution >= 4 is 34.7 Å². The largest absolute Gasteiger partial charge is 0.360 e. The van der Waals surface area contributed by atoms with Crippen molar-refractivity contribution < 1.29 is 4.79 Å². The first-order valence-electron chi connectivity index (χ1n) is 6.62. The van der Waals surface area contributed by atoms with Crippen LogP contribution in [0.1, 0.15) is 22.8 Å². The number of hydrogen-bond acceptors (Lipinski definition) is 2. The lowest BCUT2D eigenvalue weighted by Crippen LogP contribution is -1.97. The molecule has 0 aromatic heterocycles. The molecule has 1 N–H and O–H groups in total. The number of aryl methyl sites for hydroxylation is 1. The van der Waals surface area contributed by atoms with E-state index in [1.165, 1.54) is 11.6 Å². The van der Waals surface area contributed by atoms with Gasteiger partial charge in [0.25, 0.3) is 0 Å². The van der Waals surface area contributed by atoms with Gasteiger partial charge >= 0.3 is 0 Å². The standard InChI is InChI=1S/C17H15Cl2NO/c1-2-12-6-8-13(9-7-12)16(21)10-11-20-15-5-3-4-14(18)17(15)19/h3-11,20H,2H2,1H3/b11-10+. The van der Waals surface area contributed by atoms with Crippen LogP contribution in [0.4, 0.5) is 5.69 Å². The summed E-state index contributed by atoms with van der Waals surface area (Å²) in [5.74, 6) is -0.0664. The minimum Gasteiger partial charge on any atom is -0.360 e. The summed E-state index contributed by atoms with van der Waals surface area (Å²) >= 11 is 12.0. The average Bonchev–Trinajstić information content (AvgIpc) is 2.51. The normalized spacial score (nSPS) is 10.8. The van der Waals surface area contributed by atoms with E-state index in [2.05, 4.69) is 12.2 Å². The van der Waals surface area contributed by atoms with E-state index in [-0.39, 0.29) is 5.78 Å². The third-order valence-corrected chi connectivity index (χ3v) is 3.89. The highest BCUT2D eigenvalue weighted by Crippen LogP contribution is 2.29. The Labute approximate surface area is 134 Å². The summed E-state index contributed by atoms with van der Waals surface area (Å²) in [7, 11) is 0. The molecule has 0 bridgehead atoms. The number of nitrogens with one attached hydrogen (secondary N) is 1. The maximum Gasteiger partial charge on any atom is 0.187 e. The van der Waals surface area contributed by atoms with E-state index >= 15 is 0 Å². The Morgan fingerprint density at radius 2 is 1.86 bits per heavy atom. The van der Waals surface area contributed by atoms with Gasteiger partial charge in [0.15, 0.2) is 5.78 Å². The van der Waals surface area contributed by atoms with Crippen LogP contribution in [0.5, 0.6) is 0 Å². The van der Waals surface area contributed by atoms with Crippen molar-refractivity contribution in [3.63, 3.8) is 0 Å². The predicted octanol–water partition coefficient (Wildman–Crippen LogP) is 5.36. The van der Waals surface area contributed by atoms with E-state index < -0.39 is 0 Å². The fourth-order valence-corrected chi connectivity index (χ4v) is 2.18. The second-order valence-electron chi connectivity index (χ2n) is 4.49. The molecule has 0 radical (unpaired) electrons. The van der Waals surface area contributed by atoms with Gasteiger partial charge in [0.1, 0.15) is 0 Å². The van der Waals surface area contributed by atoms with E-state index in [0.717, 1.165) is 6.42 Å². The molecule has 0 amide bonds. The number of ketones is 1. The average molecular weight is 320 g/mol. The summed E-state index contributed by atoms with van der Waals surface area (Å²) in [6.45, 7) is 2.08. The summed E-state index contributed by atoms with van der Waals surface area (Å²) in [6.07, 6.45) is 3.99. The van der Waals surface area contributed by atoms with Gasteiger partial charge in [-0.3, -0.25) is 4.79 Å². The Hall–Kier alpha value is -1.77. The molecule has 0 heterocycles. The SMILES string of the molecule is CCc1ccc(C(=O)/C=C/Nc2cccc(Cl)c2Cl)cc1. The molecule has 0 fully saturated rings. The zero-order valence-corrected chi connectivity index (χ0v) is 13.1. The highest BCUT2D eigenvalue weighted by atomic mass is 35.5. The van der Waals surface area contributed by atoms with Gasteiger partial charge < -0.3 is 5.32 Å². The molecular formula is C17H15Cl2NO. The van der Waals surface area contributed by atoms with Crippen LogP contribution >= 0.6 is 23.2 Å². The summed E-state index contributed by atoms with van der Waals surface area (Å²) in [5.41, 5.74) is 2.52. The molecule has 21 heavy (non-hydrogen) atoms. The van der Waals surface area contributed by atoms with Crippen LogP contribution in [0, 0.1) is 0 Å². The minimum absolute atomic E-state index is 0.0664.